The molecule has 0 saturated heterocycles. The Kier molecular flexibility index (Phi) is 4.04. The lowest BCUT2D eigenvalue weighted by molar-refractivity contribution is 0.0692. The van der Waals surface area contributed by atoms with E-state index in [-0.39, 0.29) is 10.8 Å². The molecule has 0 fully saturated rings. The summed E-state index contributed by atoms with van der Waals surface area (Å²) in [5, 5.41) is 8.72. The Morgan fingerprint density at radius 3 is 2.38 bits per heavy atom. The van der Waals surface area contributed by atoms with Crippen LogP contribution in [-0.2, 0) is 9.84 Å². The molecule has 0 atom stereocenters. The highest BCUT2D eigenvalue weighted by atomic mass is 32.2. The van der Waals surface area contributed by atoms with E-state index in [4.69, 9.17) is 5.11 Å². The van der Waals surface area contributed by atoms with E-state index in [1.807, 2.05) is 0 Å². The summed E-state index contributed by atoms with van der Waals surface area (Å²) in [6, 6.07) is 6.53. The first-order chi connectivity index (χ1) is 9.85. The zero-order chi connectivity index (χ0) is 15.6. The first kappa shape index (κ1) is 15.1. The molecule has 21 heavy (non-hydrogen) atoms. The number of hydrogen-bond acceptors (Lipinski definition) is 4. The Hall–Kier alpha value is -2.28. The van der Waals surface area contributed by atoms with Crippen LogP contribution in [0.1, 0.15) is 17.3 Å². The van der Waals surface area contributed by atoms with E-state index in [0.717, 1.165) is 12.1 Å². The monoisotopic (exact) mass is 309 g/mol. The molecule has 0 amide bonds. The van der Waals surface area contributed by atoms with Crippen LogP contribution in [0.2, 0.25) is 0 Å². The molecule has 0 unspecified atom stereocenters. The smallest absolute Gasteiger partial charge is 0.338 e. The maximum atomic E-state index is 13.6. The van der Waals surface area contributed by atoms with Crippen LogP contribution in [-0.4, -0.2) is 30.2 Å². The largest absolute Gasteiger partial charge is 0.478 e. The summed E-state index contributed by atoms with van der Waals surface area (Å²) < 4.78 is 36.9. The van der Waals surface area contributed by atoms with Crippen LogP contribution < -0.4 is 0 Å². The first-order valence-electron chi connectivity index (χ1n) is 6.07. The number of pyridine rings is 1. The molecule has 2 rings (SSSR count). The Balaban J connectivity index is 2.40. The molecule has 0 aliphatic rings. The first-order valence-corrected chi connectivity index (χ1v) is 7.72. The second-order valence-corrected chi connectivity index (χ2v) is 6.51. The quantitative estimate of drug-likeness (QED) is 0.937. The number of hydrogen-bond donors (Lipinski definition) is 1. The summed E-state index contributed by atoms with van der Waals surface area (Å²) in [4.78, 5) is 14.6. The summed E-state index contributed by atoms with van der Waals surface area (Å²) in [7, 11) is -3.39. The van der Waals surface area contributed by atoms with E-state index >= 15 is 0 Å². The minimum absolute atomic E-state index is 0.0450. The Bertz CT molecular complexity index is 785. The molecule has 5 nitrogen and oxygen atoms in total. The predicted molar refractivity (Wildman–Crippen MR) is 74.3 cm³/mol. The van der Waals surface area contributed by atoms with Gasteiger partial charge in [0.1, 0.15) is 5.82 Å². The van der Waals surface area contributed by atoms with Crippen LogP contribution >= 0.6 is 0 Å². The number of carboxylic acid groups (broad SMARTS) is 1. The molecule has 0 aliphatic carbocycles. The number of benzene rings is 1. The fourth-order valence-corrected chi connectivity index (χ4v) is 2.54. The number of aromatic nitrogens is 1. The molecular formula is C14H12FNO4S. The normalized spacial score (nSPS) is 11.3. The molecule has 0 radical (unpaired) electrons. The van der Waals surface area contributed by atoms with Gasteiger partial charge in [-0.3, -0.25) is 0 Å². The molecule has 0 bridgehead atoms. The van der Waals surface area contributed by atoms with Crippen LogP contribution in [0.5, 0.6) is 0 Å². The zero-order valence-electron chi connectivity index (χ0n) is 11.1. The lowest BCUT2D eigenvalue weighted by Gasteiger charge is -2.05. The second-order valence-electron chi connectivity index (χ2n) is 4.29. The molecular weight excluding hydrogens is 297 g/mol. The third-order valence-electron chi connectivity index (χ3n) is 2.97. The van der Waals surface area contributed by atoms with Gasteiger partial charge in [0.15, 0.2) is 14.9 Å². The average Bonchev–Trinajstić information content (AvgIpc) is 2.47. The average molecular weight is 309 g/mol. The molecule has 0 saturated carbocycles. The zero-order valence-corrected chi connectivity index (χ0v) is 11.9. The lowest BCUT2D eigenvalue weighted by Crippen LogP contribution is -2.05. The number of carboxylic acids is 1. The fraction of sp³-hybridized carbons (Fsp3) is 0.143. The topological polar surface area (TPSA) is 84.3 Å². The second kappa shape index (κ2) is 5.61. The number of rotatable bonds is 4. The van der Waals surface area contributed by atoms with Crippen molar-refractivity contribution in [2.75, 3.05) is 5.75 Å². The van der Waals surface area contributed by atoms with Crippen molar-refractivity contribution in [3.63, 3.8) is 0 Å². The Labute approximate surface area is 121 Å². The van der Waals surface area contributed by atoms with Crippen molar-refractivity contribution < 1.29 is 22.7 Å². The van der Waals surface area contributed by atoms with Gasteiger partial charge < -0.3 is 5.11 Å². The van der Waals surface area contributed by atoms with Crippen molar-refractivity contribution in [2.24, 2.45) is 0 Å². The summed E-state index contributed by atoms with van der Waals surface area (Å²) in [6.07, 6.45) is 1.32. The van der Waals surface area contributed by atoms with Gasteiger partial charge in [-0.15, -0.1) is 0 Å². The molecule has 0 aliphatic heterocycles. The number of carbonyl (C=O) groups is 1. The van der Waals surface area contributed by atoms with Crippen molar-refractivity contribution in [3.8, 4) is 11.1 Å². The van der Waals surface area contributed by atoms with E-state index < -0.39 is 27.2 Å². The van der Waals surface area contributed by atoms with Gasteiger partial charge in [-0.1, -0.05) is 13.0 Å². The minimum atomic E-state index is -3.39. The maximum absolute atomic E-state index is 13.6. The summed E-state index contributed by atoms with van der Waals surface area (Å²) in [5.41, 5.74) is 0.503. The lowest BCUT2D eigenvalue weighted by atomic mass is 10.1. The van der Waals surface area contributed by atoms with Crippen LogP contribution in [0.25, 0.3) is 11.1 Å². The number of aromatic carboxylic acids is 1. The Morgan fingerprint density at radius 2 is 1.90 bits per heavy atom. The van der Waals surface area contributed by atoms with E-state index in [9.17, 15) is 17.6 Å². The van der Waals surface area contributed by atoms with Crippen molar-refractivity contribution in [2.45, 2.75) is 11.9 Å². The number of halogens is 1. The highest BCUT2D eigenvalue weighted by Crippen LogP contribution is 2.22. The van der Waals surface area contributed by atoms with Crippen molar-refractivity contribution in [3.05, 3.63) is 47.9 Å². The van der Waals surface area contributed by atoms with Gasteiger partial charge in [-0.05, 0) is 29.8 Å². The third kappa shape index (κ3) is 3.08. The molecule has 2 aromatic rings. The summed E-state index contributed by atoms with van der Waals surface area (Å²) in [5.74, 6) is -2.26. The standard InChI is InChI=1S/C14H12FNO4S/c1-2-21(19,20)13-6-4-10(8-16-13)9-3-5-11(14(17)18)12(15)7-9/h3-8H,2H2,1H3,(H,17,18). The fourth-order valence-electron chi connectivity index (χ4n) is 1.75. The van der Waals surface area contributed by atoms with Gasteiger partial charge in [0.2, 0.25) is 0 Å². The molecule has 110 valence electrons. The molecule has 7 heteroatoms. The van der Waals surface area contributed by atoms with Gasteiger partial charge in [0.25, 0.3) is 0 Å². The molecule has 0 spiro atoms. The van der Waals surface area contributed by atoms with Crippen molar-refractivity contribution in [1.29, 1.82) is 0 Å². The predicted octanol–water partition coefficient (Wildman–Crippen LogP) is 2.38. The summed E-state index contributed by atoms with van der Waals surface area (Å²) in [6.45, 7) is 1.52. The van der Waals surface area contributed by atoms with Gasteiger partial charge in [0.05, 0.1) is 11.3 Å². The highest BCUT2D eigenvalue weighted by Gasteiger charge is 2.14. The van der Waals surface area contributed by atoms with Crippen molar-refractivity contribution >= 4 is 15.8 Å². The SMILES string of the molecule is CCS(=O)(=O)c1ccc(-c2ccc(C(=O)O)c(F)c2)cn1. The van der Waals surface area contributed by atoms with E-state index in [1.54, 1.807) is 0 Å². The van der Waals surface area contributed by atoms with Gasteiger partial charge in [0, 0.05) is 11.8 Å². The van der Waals surface area contributed by atoms with E-state index in [0.29, 0.717) is 11.1 Å². The maximum Gasteiger partial charge on any atom is 0.338 e. The molecule has 1 N–H and O–H groups in total. The number of sulfone groups is 1. The van der Waals surface area contributed by atoms with E-state index in [1.165, 1.54) is 31.3 Å². The van der Waals surface area contributed by atoms with Crippen LogP contribution in [0.15, 0.2) is 41.6 Å². The van der Waals surface area contributed by atoms with Gasteiger partial charge in [-0.25, -0.2) is 22.6 Å². The minimum Gasteiger partial charge on any atom is -0.478 e. The molecule has 1 heterocycles. The third-order valence-corrected chi connectivity index (χ3v) is 4.61. The van der Waals surface area contributed by atoms with Gasteiger partial charge in [-0.2, -0.15) is 0 Å². The number of nitrogens with zero attached hydrogens (tertiary/aromatic N) is 1. The van der Waals surface area contributed by atoms with Crippen LogP contribution in [0.3, 0.4) is 0 Å². The Morgan fingerprint density at radius 1 is 1.24 bits per heavy atom. The highest BCUT2D eigenvalue weighted by molar-refractivity contribution is 7.91. The van der Waals surface area contributed by atoms with Gasteiger partial charge >= 0.3 is 5.97 Å². The van der Waals surface area contributed by atoms with E-state index in [2.05, 4.69) is 4.98 Å². The van der Waals surface area contributed by atoms with Crippen LogP contribution in [0.4, 0.5) is 4.39 Å². The molecule has 1 aromatic carbocycles. The summed E-state index contributed by atoms with van der Waals surface area (Å²) >= 11 is 0. The van der Waals surface area contributed by atoms with Crippen molar-refractivity contribution in [1.82, 2.24) is 4.98 Å². The molecule has 1 aromatic heterocycles. The van der Waals surface area contributed by atoms with Crippen LogP contribution in [0, 0.1) is 5.82 Å².